The Labute approximate surface area is 122 Å². The molecule has 0 aliphatic heterocycles. The van der Waals surface area contributed by atoms with Crippen molar-refractivity contribution in [3.8, 4) is 0 Å². The van der Waals surface area contributed by atoms with Crippen LogP contribution in [0.25, 0.3) is 0 Å². The molecular weight excluding hydrogens is 302 g/mol. The maximum atomic E-state index is 12.0. The lowest BCUT2D eigenvalue weighted by atomic mass is 10.3. The number of nitrogens with two attached hydrogens (primary N) is 1. The van der Waals surface area contributed by atoms with Crippen LogP contribution in [0.15, 0.2) is 23.1 Å². The van der Waals surface area contributed by atoms with Crippen molar-refractivity contribution in [3.63, 3.8) is 0 Å². The minimum Gasteiger partial charge on any atom is -0.399 e. The van der Waals surface area contributed by atoms with Gasteiger partial charge in [-0.05, 0) is 31.0 Å². The summed E-state index contributed by atoms with van der Waals surface area (Å²) >= 11 is 5.85. The van der Waals surface area contributed by atoms with Crippen LogP contribution < -0.4 is 15.8 Å². The molecule has 20 heavy (non-hydrogen) atoms. The molecule has 6 nitrogen and oxygen atoms in total. The van der Waals surface area contributed by atoms with E-state index in [0.29, 0.717) is 5.69 Å². The molecule has 110 valence electrons. The summed E-state index contributed by atoms with van der Waals surface area (Å²) in [5, 5.41) is 2.87. The van der Waals surface area contributed by atoms with Crippen LogP contribution in [-0.2, 0) is 14.8 Å². The highest BCUT2D eigenvalue weighted by atomic mass is 35.5. The van der Waals surface area contributed by atoms with Gasteiger partial charge in [-0.15, -0.1) is 0 Å². The Bertz CT molecular complexity index is 614. The van der Waals surface area contributed by atoms with Gasteiger partial charge < -0.3 is 11.1 Å². The summed E-state index contributed by atoms with van der Waals surface area (Å²) < 4.78 is 26.4. The van der Waals surface area contributed by atoms with Crippen molar-refractivity contribution in [2.75, 3.05) is 12.3 Å². The number of halogens is 1. The van der Waals surface area contributed by atoms with Crippen LogP contribution in [-0.4, -0.2) is 26.9 Å². The summed E-state index contributed by atoms with van der Waals surface area (Å²) in [7, 11) is -3.76. The zero-order valence-corrected chi connectivity index (χ0v) is 12.3. The number of carbonyl (C=O) groups excluding carboxylic acids is 1. The van der Waals surface area contributed by atoms with Crippen molar-refractivity contribution in [2.45, 2.75) is 30.2 Å². The molecule has 0 bridgehead atoms. The fourth-order valence-corrected chi connectivity index (χ4v) is 3.19. The predicted molar refractivity (Wildman–Crippen MR) is 76.8 cm³/mol. The fourth-order valence-electron chi connectivity index (χ4n) is 1.63. The Balaban J connectivity index is 1.93. The second kappa shape index (κ2) is 5.99. The third-order valence-electron chi connectivity index (χ3n) is 2.83. The number of benzene rings is 1. The van der Waals surface area contributed by atoms with E-state index >= 15 is 0 Å². The van der Waals surface area contributed by atoms with Gasteiger partial charge in [0.2, 0.25) is 15.9 Å². The first kappa shape index (κ1) is 15.1. The first-order valence-electron chi connectivity index (χ1n) is 6.22. The smallest absolute Gasteiger partial charge is 0.242 e. The van der Waals surface area contributed by atoms with E-state index in [4.69, 9.17) is 17.3 Å². The van der Waals surface area contributed by atoms with Crippen LogP contribution in [0, 0.1) is 0 Å². The van der Waals surface area contributed by atoms with Crippen LogP contribution in [0.5, 0.6) is 0 Å². The Morgan fingerprint density at radius 3 is 2.75 bits per heavy atom. The van der Waals surface area contributed by atoms with Crippen LogP contribution >= 0.6 is 11.6 Å². The molecule has 1 amide bonds. The maximum Gasteiger partial charge on any atom is 0.242 e. The zero-order valence-electron chi connectivity index (χ0n) is 10.7. The third-order valence-corrected chi connectivity index (χ3v) is 4.77. The van der Waals surface area contributed by atoms with Gasteiger partial charge in [0.25, 0.3) is 0 Å². The lowest BCUT2D eigenvalue weighted by Gasteiger charge is -2.09. The second-order valence-corrected chi connectivity index (χ2v) is 6.82. The van der Waals surface area contributed by atoms with Crippen molar-refractivity contribution >= 4 is 33.2 Å². The monoisotopic (exact) mass is 317 g/mol. The molecule has 8 heteroatoms. The van der Waals surface area contributed by atoms with E-state index < -0.39 is 10.0 Å². The Morgan fingerprint density at radius 1 is 1.40 bits per heavy atom. The van der Waals surface area contributed by atoms with Gasteiger partial charge in [0.15, 0.2) is 0 Å². The molecule has 1 fully saturated rings. The highest BCUT2D eigenvalue weighted by Crippen LogP contribution is 2.23. The molecule has 0 atom stereocenters. The van der Waals surface area contributed by atoms with Gasteiger partial charge in [0, 0.05) is 24.7 Å². The minimum absolute atomic E-state index is 0.0199. The molecule has 0 aromatic heterocycles. The minimum atomic E-state index is -3.76. The second-order valence-electron chi connectivity index (χ2n) is 4.68. The van der Waals surface area contributed by atoms with Gasteiger partial charge in [-0.3, -0.25) is 4.79 Å². The normalized spacial score (nSPS) is 15.1. The molecule has 1 aliphatic rings. The van der Waals surface area contributed by atoms with Crippen LogP contribution in [0.2, 0.25) is 5.02 Å². The quantitative estimate of drug-likeness (QED) is 0.677. The van der Waals surface area contributed by atoms with Crippen molar-refractivity contribution in [1.29, 1.82) is 0 Å². The Morgan fingerprint density at radius 2 is 2.10 bits per heavy atom. The van der Waals surface area contributed by atoms with E-state index in [1.807, 2.05) is 0 Å². The largest absolute Gasteiger partial charge is 0.399 e. The lowest BCUT2D eigenvalue weighted by Crippen LogP contribution is -2.31. The van der Waals surface area contributed by atoms with Crippen LogP contribution in [0.1, 0.15) is 19.3 Å². The van der Waals surface area contributed by atoms with Crippen molar-refractivity contribution in [3.05, 3.63) is 23.2 Å². The summed E-state index contributed by atoms with van der Waals surface area (Å²) in [4.78, 5) is 11.4. The molecule has 1 aromatic carbocycles. The summed E-state index contributed by atoms with van der Waals surface area (Å²) in [5.41, 5.74) is 5.85. The number of anilines is 1. The molecule has 0 unspecified atom stereocenters. The number of amides is 1. The molecular formula is C12H16ClN3O3S. The molecule has 0 heterocycles. The van der Waals surface area contributed by atoms with Crippen molar-refractivity contribution in [2.24, 2.45) is 0 Å². The predicted octanol–water partition coefficient (Wildman–Crippen LogP) is 0.869. The van der Waals surface area contributed by atoms with Gasteiger partial charge in [-0.25, -0.2) is 13.1 Å². The Kier molecular flexibility index (Phi) is 4.52. The Hall–Kier alpha value is -1.31. The van der Waals surface area contributed by atoms with Crippen LogP contribution in [0.4, 0.5) is 5.69 Å². The first-order valence-corrected chi connectivity index (χ1v) is 8.08. The molecule has 1 aromatic rings. The molecule has 0 saturated heterocycles. The van der Waals surface area contributed by atoms with E-state index in [1.165, 1.54) is 18.2 Å². The van der Waals surface area contributed by atoms with Gasteiger partial charge in [-0.2, -0.15) is 0 Å². The van der Waals surface area contributed by atoms with E-state index in [0.717, 1.165) is 12.8 Å². The number of hydrogen-bond acceptors (Lipinski definition) is 4. The van der Waals surface area contributed by atoms with Crippen molar-refractivity contribution < 1.29 is 13.2 Å². The van der Waals surface area contributed by atoms with Gasteiger partial charge >= 0.3 is 0 Å². The van der Waals surface area contributed by atoms with Gasteiger partial charge in [0.05, 0.1) is 5.02 Å². The maximum absolute atomic E-state index is 12.0. The van der Waals surface area contributed by atoms with E-state index in [9.17, 15) is 13.2 Å². The summed E-state index contributed by atoms with van der Waals surface area (Å²) in [6.45, 7) is 0.0199. The molecule has 1 aliphatic carbocycles. The number of rotatable bonds is 6. The van der Waals surface area contributed by atoms with E-state index in [1.54, 1.807) is 0 Å². The van der Waals surface area contributed by atoms with E-state index in [-0.39, 0.29) is 34.8 Å². The highest BCUT2D eigenvalue weighted by molar-refractivity contribution is 7.89. The highest BCUT2D eigenvalue weighted by Gasteiger charge is 2.23. The van der Waals surface area contributed by atoms with Gasteiger partial charge in [-0.1, -0.05) is 11.6 Å². The SMILES string of the molecule is Nc1ccc(Cl)c(S(=O)(=O)NCCC(=O)NC2CC2)c1. The number of sulfonamides is 1. The number of nitrogens with one attached hydrogen (secondary N) is 2. The van der Waals surface area contributed by atoms with Crippen LogP contribution in [0.3, 0.4) is 0 Å². The molecule has 1 saturated carbocycles. The molecule has 0 radical (unpaired) electrons. The fraction of sp³-hybridized carbons (Fsp3) is 0.417. The molecule has 0 spiro atoms. The summed E-state index contributed by atoms with van der Waals surface area (Å²) in [5.74, 6) is -0.158. The van der Waals surface area contributed by atoms with E-state index in [2.05, 4.69) is 10.0 Å². The standard InChI is InChI=1S/C12H16ClN3O3S/c13-10-4-1-8(14)7-11(10)20(18,19)15-6-5-12(17)16-9-2-3-9/h1,4,7,9,15H,2-3,5-6,14H2,(H,16,17). The number of hydrogen-bond donors (Lipinski definition) is 3. The zero-order chi connectivity index (χ0) is 14.8. The third kappa shape index (κ3) is 4.09. The number of carbonyl (C=O) groups is 1. The van der Waals surface area contributed by atoms with Crippen molar-refractivity contribution in [1.82, 2.24) is 10.0 Å². The molecule has 4 N–H and O–H groups in total. The summed E-state index contributed by atoms with van der Waals surface area (Å²) in [6.07, 6.45) is 2.09. The summed E-state index contributed by atoms with van der Waals surface area (Å²) in [6, 6.07) is 4.49. The average molecular weight is 318 g/mol. The van der Waals surface area contributed by atoms with Gasteiger partial charge in [0.1, 0.15) is 4.90 Å². The average Bonchev–Trinajstić information content (AvgIpc) is 3.15. The first-order chi connectivity index (χ1) is 9.38. The lowest BCUT2D eigenvalue weighted by molar-refractivity contribution is -0.121. The number of nitrogen functional groups attached to an aromatic ring is 1. The molecule has 2 rings (SSSR count). The topological polar surface area (TPSA) is 101 Å².